The summed E-state index contributed by atoms with van der Waals surface area (Å²) >= 11 is 0. The number of hydrogen-bond acceptors (Lipinski definition) is 3. The molecule has 0 bridgehead atoms. The number of ether oxygens (including phenoxy) is 1. The maximum Gasteiger partial charge on any atom is 0.268 e. The second kappa shape index (κ2) is 8.13. The van der Waals surface area contributed by atoms with Crippen molar-refractivity contribution in [2.45, 2.75) is 19.9 Å². The maximum absolute atomic E-state index is 13.1. The summed E-state index contributed by atoms with van der Waals surface area (Å²) in [5.41, 5.74) is 6.48. The number of aryl methyl sites for hydroxylation is 2. The fourth-order valence-corrected chi connectivity index (χ4v) is 4.32. The largest absolute Gasteiger partial charge is 0.489 e. The number of nitrogens with one attached hydrogen (secondary N) is 2. The molecule has 0 spiro atoms. The van der Waals surface area contributed by atoms with Gasteiger partial charge in [0.2, 0.25) is 0 Å². The van der Waals surface area contributed by atoms with E-state index in [2.05, 4.69) is 48.4 Å². The molecule has 0 saturated heterocycles. The fourth-order valence-electron chi connectivity index (χ4n) is 4.32. The normalized spacial score (nSPS) is 15.7. The van der Waals surface area contributed by atoms with E-state index in [1.807, 2.05) is 42.5 Å². The number of H-pyrrole nitrogens is 1. The first-order chi connectivity index (χ1) is 15.9. The van der Waals surface area contributed by atoms with Gasteiger partial charge in [0.05, 0.1) is 11.2 Å². The van der Waals surface area contributed by atoms with Crippen LogP contribution in [-0.4, -0.2) is 36.5 Å². The zero-order valence-corrected chi connectivity index (χ0v) is 18.8. The van der Waals surface area contributed by atoms with Gasteiger partial charge in [-0.3, -0.25) is 9.59 Å². The van der Waals surface area contributed by atoms with Crippen LogP contribution in [0.25, 0.3) is 22.0 Å². The van der Waals surface area contributed by atoms with E-state index in [9.17, 15) is 9.59 Å². The minimum atomic E-state index is -0.792. The van der Waals surface area contributed by atoms with Crippen LogP contribution in [0.3, 0.4) is 0 Å². The van der Waals surface area contributed by atoms with E-state index in [0.29, 0.717) is 17.1 Å². The predicted molar refractivity (Wildman–Crippen MR) is 130 cm³/mol. The topological polar surface area (TPSA) is 74.4 Å². The number of benzene rings is 3. The quantitative estimate of drug-likeness (QED) is 0.490. The highest BCUT2D eigenvalue weighted by atomic mass is 16.5. The van der Waals surface area contributed by atoms with E-state index in [0.717, 1.165) is 27.6 Å². The second-order valence-electron chi connectivity index (χ2n) is 8.47. The Balaban J connectivity index is 1.44. The van der Waals surface area contributed by atoms with Crippen LogP contribution in [-0.2, 0) is 4.79 Å². The van der Waals surface area contributed by atoms with Crippen LogP contribution in [0.2, 0.25) is 0 Å². The monoisotopic (exact) mass is 439 g/mol. The Kier molecular flexibility index (Phi) is 5.13. The molecule has 0 radical (unpaired) electrons. The van der Waals surface area contributed by atoms with E-state index in [4.69, 9.17) is 4.74 Å². The number of carbonyl (C=O) groups is 2. The van der Waals surface area contributed by atoms with Gasteiger partial charge in [-0.25, -0.2) is 0 Å². The molecule has 0 fully saturated rings. The number of aromatic amines is 1. The summed E-state index contributed by atoms with van der Waals surface area (Å²) < 4.78 is 5.81. The molecular weight excluding hydrogens is 414 g/mol. The number of fused-ring (bicyclic) bond motifs is 2. The lowest BCUT2D eigenvalue weighted by Gasteiger charge is -2.20. The average Bonchev–Trinajstić information content (AvgIpc) is 3.23. The van der Waals surface area contributed by atoms with Gasteiger partial charge in [-0.05, 0) is 43.2 Å². The van der Waals surface area contributed by atoms with E-state index in [-0.39, 0.29) is 18.4 Å². The predicted octanol–water partition coefficient (Wildman–Crippen LogP) is 4.61. The molecule has 1 aliphatic heterocycles. The molecule has 166 valence electrons. The molecule has 2 amide bonds. The van der Waals surface area contributed by atoms with Crippen molar-refractivity contribution in [1.29, 1.82) is 0 Å². The first kappa shape index (κ1) is 20.8. The molecular formula is C27H25N3O3. The lowest BCUT2D eigenvalue weighted by molar-refractivity contribution is -0.120. The molecule has 2 N–H and O–H groups in total. The van der Waals surface area contributed by atoms with E-state index < -0.39 is 6.04 Å². The van der Waals surface area contributed by atoms with Gasteiger partial charge in [0.15, 0.2) is 0 Å². The van der Waals surface area contributed by atoms with Crippen molar-refractivity contribution < 1.29 is 14.3 Å². The highest BCUT2D eigenvalue weighted by molar-refractivity contribution is 6.05. The smallest absolute Gasteiger partial charge is 0.268 e. The number of anilines is 1. The van der Waals surface area contributed by atoms with E-state index in [1.165, 1.54) is 10.5 Å². The molecule has 1 aliphatic rings. The number of aromatic nitrogens is 1. The number of hydrogen-bond donors (Lipinski definition) is 2. The number of nitrogens with zero attached hydrogens (tertiary/aromatic N) is 1. The van der Waals surface area contributed by atoms with Gasteiger partial charge in [-0.1, -0.05) is 54.1 Å². The summed E-state index contributed by atoms with van der Waals surface area (Å²) in [5, 5.41) is 3.78. The fraction of sp³-hybridized carbons (Fsp3) is 0.185. The first-order valence-corrected chi connectivity index (χ1v) is 10.9. The van der Waals surface area contributed by atoms with Gasteiger partial charge >= 0.3 is 0 Å². The van der Waals surface area contributed by atoms with Crippen LogP contribution in [0.15, 0.2) is 66.7 Å². The number of carbonyl (C=O) groups excluding carboxylic acids is 2. The van der Waals surface area contributed by atoms with Crippen molar-refractivity contribution in [3.8, 4) is 16.9 Å². The summed E-state index contributed by atoms with van der Waals surface area (Å²) in [6.45, 7) is 4.22. The molecule has 3 aromatic carbocycles. The van der Waals surface area contributed by atoms with Crippen LogP contribution in [0.5, 0.6) is 5.75 Å². The highest BCUT2D eigenvalue weighted by Gasteiger charge is 2.31. The van der Waals surface area contributed by atoms with Crippen molar-refractivity contribution in [2.24, 2.45) is 0 Å². The van der Waals surface area contributed by atoms with Gasteiger partial charge in [-0.15, -0.1) is 0 Å². The third-order valence-corrected chi connectivity index (χ3v) is 6.15. The molecule has 6 heteroatoms. The molecule has 4 aromatic rings. The van der Waals surface area contributed by atoms with Gasteiger partial charge in [0.1, 0.15) is 24.1 Å². The zero-order chi connectivity index (χ0) is 23.1. The Morgan fingerprint density at radius 3 is 2.70 bits per heavy atom. The third-order valence-electron chi connectivity index (χ3n) is 6.15. The van der Waals surface area contributed by atoms with Crippen molar-refractivity contribution >= 4 is 28.4 Å². The Bertz CT molecular complexity index is 1390. The molecule has 2 heterocycles. The molecule has 1 aromatic heterocycles. The van der Waals surface area contributed by atoms with Gasteiger partial charge in [0.25, 0.3) is 11.8 Å². The minimum Gasteiger partial charge on any atom is -0.489 e. The second-order valence-corrected chi connectivity index (χ2v) is 8.47. The van der Waals surface area contributed by atoms with Gasteiger partial charge < -0.3 is 19.9 Å². The van der Waals surface area contributed by atoms with Crippen LogP contribution in [0.1, 0.15) is 21.6 Å². The SMILES string of the molecule is Cc1ccc(C)c(-c2cccc3cc(C(=O)N[C@H]4COc5ccccc5N(C)C4=O)[nH]c23)c1. The van der Waals surface area contributed by atoms with Crippen molar-refractivity contribution in [1.82, 2.24) is 10.3 Å². The van der Waals surface area contributed by atoms with Crippen LogP contribution >= 0.6 is 0 Å². The summed E-state index contributed by atoms with van der Waals surface area (Å²) in [6.07, 6.45) is 0. The van der Waals surface area contributed by atoms with Crippen LogP contribution < -0.4 is 15.0 Å². The molecule has 33 heavy (non-hydrogen) atoms. The molecule has 6 nitrogen and oxygen atoms in total. The maximum atomic E-state index is 13.1. The zero-order valence-electron chi connectivity index (χ0n) is 18.8. The third kappa shape index (κ3) is 3.74. The average molecular weight is 440 g/mol. The van der Waals surface area contributed by atoms with E-state index >= 15 is 0 Å². The van der Waals surface area contributed by atoms with Crippen molar-refractivity contribution in [3.05, 3.63) is 83.6 Å². The van der Waals surface area contributed by atoms with Crippen molar-refractivity contribution in [2.75, 3.05) is 18.6 Å². The summed E-state index contributed by atoms with van der Waals surface area (Å²) in [5.74, 6) is 0.0498. The van der Waals surface area contributed by atoms with Crippen LogP contribution in [0, 0.1) is 13.8 Å². The standard InChI is InChI=1S/C27H25N3O3/c1-16-11-12-17(2)20(13-16)19-8-6-7-18-14-21(28-25(18)19)26(31)29-22-15-33-24-10-5-4-9-23(24)30(3)27(22)32/h4-14,22,28H,15H2,1-3H3,(H,29,31)/t22-/m0/s1. The highest BCUT2D eigenvalue weighted by Crippen LogP contribution is 2.32. The number of para-hydroxylation sites is 3. The number of likely N-dealkylation sites (N-methyl/N-ethyl adjacent to an activating group) is 1. The lowest BCUT2D eigenvalue weighted by atomic mass is 9.97. The number of amides is 2. The van der Waals surface area contributed by atoms with Crippen LogP contribution in [0.4, 0.5) is 5.69 Å². The molecule has 0 saturated carbocycles. The van der Waals surface area contributed by atoms with Crippen molar-refractivity contribution in [3.63, 3.8) is 0 Å². The molecule has 0 unspecified atom stereocenters. The Morgan fingerprint density at radius 2 is 1.85 bits per heavy atom. The summed E-state index contributed by atoms with van der Waals surface area (Å²) in [6, 6.07) is 20.7. The summed E-state index contributed by atoms with van der Waals surface area (Å²) in [7, 11) is 1.69. The van der Waals surface area contributed by atoms with Gasteiger partial charge in [-0.2, -0.15) is 0 Å². The first-order valence-electron chi connectivity index (χ1n) is 10.9. The van der Waals surface area contributed by atoms with E-state index in [1.54, 1.807) is 7.05 Å². The van der Waals surface area contributed by atoms with Gasteiger partial charge in [0, 0.05) is 18.0 Å². The Hall–Kier alpha value is -4.06. The molecule has 5 rings (SSSR count). The number of rotatable bonds is 3. The minimum absolute atomic E-state index is 0.0693. The lowest BCUT2D eigenvalue weighted by Crippen LogP contribution is -2.49. The Labute approximate surface area is 192 Å². The molecule has 1 atom stereocenters. The molecule has 0 aliphatic carbocycles. The Morgan fingerprint density at radius 1 is 1.03 bits per heavy atom. The summed E-state index contributed by atoms with van der Waals surface area (Å²) in [4.78, 5) is 30.9.